The van der Waals surface area contributed by atoms with Gasteiger partial charge in [0.15, 0.2) is 0 Å². The molecule has 1 aliphatic heterocycles. The number of piperazine rings is 1. The number of rotatable bonds is 7. The zero-order valence-corrected chi connectivity index (χ0v) is 21.0. The van der Waals surface area contributed by atoms with Gasteiger partial charge in [0.1, 0.15) is 16.8 Å². The molecule has 180 valence electrons. The molecule has 2 aromatic carbocycles. The highest BCUT2D eigenvalue weighted by molar-refractivity contribution is 7.83. The summed E-state index contributed by atoms with van der Waals surface area (Å²) >= 11 is 0. The van der Waals surface area contributed by atoms with Crippen molar-refractivity contribution < 1.29 is 4.21 Å². The number of benzene rings is 2. The van der Waals surface area contributed by atoms with Crippen LogP contribution in [0.2, 0.25) is 0 Å². The lowest BCUT2D eigenvalue weighted by Gasteiger charge is -2.29. The molecule has 4 N–H and O–H groups in total. The zero-order chi connectivity index (χ0) is 24.1. The standard InChI is InChI=1S/C25H33N7OS/c1-18-17-27-24(29-19-8-10-21(11-9-19)32-14-12-26-13-15-32)30-23(18)28-20-6-5-7-22(16-20)34(33)31-25(2,3)4/h5-11,16-17,26,31H,12-15H2,1-4H3,(H2,27,28,29,30). The van der Waals surface area contributed by atoms with Crippen molar-refractivity contribution in [2.45, 2.75) is 38.1 Å². The monoisotopic (exact) mass is 479 g/mol. The van der Waals surface area contributed by atoms with E-state index in [1.165, 1.54) is 5.69 Å². The van der Waals surface area contributed by atoms with E-state index in [2.05, 4.69) is 59.8 Å². The van der Waals surface area contributed by atoms with Crippen molar-refractivity contribution in [1.82, 2.24) is 20.0 Å². The Kier molecular flexibility index (Phi) is 7.45. The highest BCUT2D eigenvalue weighted by Crippen LogP contribution is 2.24. The molecule has 1 fully saturated rings. The van der Waals surface area contributed by atoms with Crippen molar-refractivity contribution in [3.8, 4) is 0 Å². The number of hydrogen-bond donors (Lipinski definition) is 4. The van der Waals surface area contributed by atoms with Crippen LogP contribution < -0.4 is 25.6 Å². The van der Waals surface area contributed by atoms with Crippen LogP contribution in [0.5, 0.6) is 0 Å². The number of anilines is 5. The van der Waals surface area contributed by atoms with Crippen molar-refractivity contribution in [2.75, 3.05) is 41.7 Å². The van der Waals surface area contributed by atoms with Crippen LogP contribution in [0.1, 0.15) is 26.3 Å². The molecular formula is C25H33N7OS. The third kappa shape index (κ3) is 6.53. The van der Waals surface area contributed by atoms with Crippen LogP contribution in [0.25, 0.3) is 0 Å². The van der Waals surface area contributed by atoms with Gasteiger partial charge in [-0.2, -0.15) is 4.98 Å². The Morgan fingerprint density at radius 2 is 1.74 bits per heavy atom. The van der Waals surface area contributed by atoms with Gasteiger partial charge in [-0.25, -0.2) is 13.9 Å². The molecular weight excluding hydrogens is 446 g/mol. The van der Waals surface area contributed by atoms with Crippen molar-refractivity contribution in [1.29, 1.82) is 0 Å². The number of aryl methyl sites for hydroxylation is 1. The Morgan fingerprint density at radius 1 is 1.00 bits per heavy atom. The first kappa shape index (κ1) is 24.1. The second-order valence-electron chi connectivity index (χ2n) is 9.41. The molecule has 8 nitrogen and oxygen atoms in total. The smallest absolute Gasteiger partial charge is 0.229 e. The molecule has 0 bridgehead atoms. The molecule has 0 saturated carbocycles. The maximum absolute atomic E-state index is 12.6. The summed E-state index contributed by atoms with van der Waals surface area (Å²) in [5.41, 5.74) is 3.63. The van der Waals surface area contributed by atoms with Crippen LogP contribution in [-0.4, -0.2) is 45.9 Å². The maximum atomic E-state index is 12.6. The molecule has 1 atom stereocenters. The van der Waals surface area contributed by atoms with Gasteiger partial charge in [-0.3, -0.25) is 0 Å². The quantitative estimate of drug-likeness (QED) is 0.405. The number of hydrogen-bond acceptors (Lipinski definition) is 7. The summed E-state index contributed by atoms with van der Waals surface area (Å²) in [6, 6.07) is 15.9. The minimum Gasteiger partial charge on any atom is -0.369 e. The summed E-state index contributed by atoms with van der Waals surface area (Å²) in [5, 5.41) is 10.0. The largest absolute Gasteiger partial charge is 0.369 e. The minimum absolute atomic E-state index is 0.249. The van der Waals surface area contributed by atoms with Crippen molar-refractivity contribution in [3.63, 3.8) is 0 Å². The molecule has 1 saturated heterocycles. The molecule has 0 radical (unpaired) electrons. The summed E-state index contributed by atoms with van der Waals surface area (Å²) in [5.74, 6) is 1.21. The predicted molar refractivity (Wildman–Crippen MR) is 141 cm³/mol. The SMILES string of the molecule is Cc1cnc(Nc2ccc(N3CCNCC3)cc2)nc1Nc1cccc(S(=O)NC(C)(C)C)c1. The van der Waals surface area contributed by atoms with Gasteiger partial charge >= 0.3 is 0 Å². The summed E-state index contributed by atoms with van der Waals surface area (Å²) in [6.45, 7) is 12.0. The van der Waals surface area contributed by atoms with Gasteiger partial charge in [-0.15, -0.1) is 0 Å². The first-order valence-corrected chi connectivity index (χ1v) is 12.6. The van der Waals surface area contributed by atoms with Gasteiger partial charge in [0, 0.05) is 60.5 Å². The highest BCUT2D eigenvalue weighted by atomic mass is 32.2. The molecule has 4 rings (SSSR count). The van der Waals surface area contributed by atoms with E-state index in [0.29, 0.717) is 16.7 Å². The van der Waals surface area contributed by atoms with Crippen LogP contribution >= 0.6 is 0 Å². The van der Waals surface area contributed by atoms with Gasteiger partial charge < -0.3 is 20.9 Å². The third-order valence-electron chi connectivity index (χ3n) is 5.29. The van der Waals surface area contributed by atoms with Crippen LogP contribution in [0, 0.1) is 6.92 Å². The Bertz CT molecular complexity index is 1140. The Hall–Kier alpha value is -3.01. The summed E-state index contributed by atoms with van der Waals surface area (Å²) in [6.07, 6.45) is 1.79. The molecule has 0 aliphatic carbocycles. The van der Waals surface area contributed by atoms with Crippen LogP contribution in [-0.2, 0) is 11.0 Å². The normalized spacial score (nSPS) is 15.1. The summed E-state index contributed by atoms with van der Waals surface area (Å²) < 4.78 is 15.7. The van der Waals surface area contributed by atoms with Crippen molar-refractivity contribution in [3.05, 3.63) is 60.3 Å². The van der Waals surface area contributed by atoms with E-state index >= 15 is 0 Å². The van der Waals surface area contributed by atoms with Gasteiger partial charge in [0.05, 0.1) is 4.90 Å². The van der Waals surface area contributed by atoms with E-state index in [9.17, 15) is 4.21 Å². The second kappa shape index (κ2) is 10.5. The van der Waals surface area contributed by atoms with Gasteiger partial charge in [-0.05, 0) is 70.2 Å². The molecule has 34 heavy (non-hydrogen) atoms. The Labute approximate surface area is 204 Å². The van der Waals surface area contributed by atoms with Crippen molar-refractivity contribution >= 4 is 39.8 Å². The molecule has 2 heterocycles. The average Bonchev–Trinajstić information content (AvgIpc) is 2.81. The predicted octanol–water partition coefficient (Wildman–Crippen LogP) is 4.09. The van der Waals surface area contributed by atoms with E-state index in [4.69, 9.17) is 0 Å². The van der Waals surface area contributed by atoms with E-state index in [1.54, 1.807) is 6.20 Å². The fourth-order valence-corrected chi connectivity index (χ4v) is 4.71. The third-order valence-corrected chi connectivity index (χ3v) is 6.77. The molecule has 3 aromatic rings. The minimum atomic E-state index is -1.30. The summed E-state index contributed by atoms with van der Waals surface area (Å²) in [4.78, 5) is 12.2. The van der Waals surface area contributed by atoms with E-state index in [-0.39, 0.29) is 5.54 Å². The number of aromatic nitrogens is 2. The van der Waals surface area contributed by atoms with Crippen molar-refractivity contribution in [2.24, 2.45) is 0 Å². The molecule has 1 aromatic heterocycles. The van der Waals surface area contributed by atoms with E-state index in [1.807, 2.05) is 52.0 Å². The lowest BCUT2D eigenvalue weighted by molar-refractivity contribution is 0.519. The molecule has 1 aliphatic rings. The topological polar surface area (TPSA) is 94.2 Å². The second-order valence-corrected chi connectivity index (χ2v) is 10.6. The fourth-order valence-electron chi connectivity index (χ4n) is 3.60. The Morgan fingerprint density at radius 3 is 2.44 bits per heavy atom. The fraction of sp³-hybridized carbons (Fsp3) is 0.360. The summed E-state index contributed by atoms with van der Waals surface area (Å²) in [7, 11) is -1.30. The highest BCUT2D eigenvalue weighted by Gasteiger charge is 2.15. The zero-order valence-electron chi connectivity index (χ0n) is 20.2. The first-order valence-electron chi connectivity index (χ1n) is 11.5. The molecule has 1 unspecified atom stereocenters. The maximum Gasteiger partial charge on any atom is 0.229 e. The molecule has 0 spiro atoms. The number of nitrogens with zero attached hydrogens (tertiary/aromatic N) is 3. The van der Waals surface area contributed by atoms with Crippen LogP contribution in [0.15, 0.2) is 59.6 Å². The first-order chi connectivity index (χ1) is 16.3. The lowest BCUT2D eigenvalue weighted by Crippen LogP contribution is -2.43. The van der Waals surface area contributed by atoms with E-state index < -0.39 is 11.0 Å². The van der Waals surface area contributed by atoms with Crippen LogP contribution in [0.4, 0.5) is 28.8 Å². The average molecular weight is 480 g/mol. The number of nitrogens with one attached hydrogen (secondary N) is 4. The Balaban J connectivity index is 1.45. The molecule has 9 heteroatoms. The van der Waals surface area contributed by atoms with Gasteiger partial charge in [-0.1, -0.05) is 6.07 Å². The lowest BCUT2D eigenvalue weighted by atomic mass is 10.1. The molecule has 0 amide bonds. The van der Waals surface area contributed by atoms with Gasteiger partial charge in [0.25, 0.3) is 0 Å². The van der Waals surface area contributed by atoms with Crippen LogP contribution in [0.3, 0.4) is 0 Å². The van der Waals surface area contributed by atoms with Gasteiger partial charge in [0.2, 0.25) is 5.95 Å². The van der Waals surface area contributed by atoms with E-state index in [0.717, 1.165) is 43.1 Å².